The molecular weight excluding hydrogens is 220 g/mol. The van der Waals surface area contributed by atoms with Gasteiger partial charge in [-0.1, -0.05) is 0 Å². The van der Waals surface area contributed by atoms with Gasteiger partial charge in [0, 0.05) is 26.5 Å². The van der Waals surface area contributed by atoms with Crippen LogP contribution in [0.25, 0.3) is 0 Å². The van der Waals surface area contributed by atoms with Crippen molar-refractivity contribution in [3.63, 3.8) is 0 Å². The number of methoxy groups -OCH3 is 1. The van der Waals surface area contributed by atoms with E-state index in [4.69, 9.17) is 9.84 Å². The van der Waals surface area contributed by atoms with Crippen molar-refractivity contribution >= 4 is 11.8 Å². The van der Waals surface area contributed by atoms with Gasteiger partial charge in [0.2, 0.25) is 0 Å². The topological polar surface area (TPSA) is 71.5 Å². The Balaban J connectivity index is 2.58. The summed E-state index contributed by atoms with van der Waals surface area (Å²) in [5, 5.41) is 12.1. The minimum atomic E-state index is -0.949. The van der Waals surface area contributed by atoms with Crippen molar-refractivity contribution in [2.24, 2.45) is 0 Å². The van der Waals surface area contributed by atoms with Crippen LogP contribution in [0.15, 0.2) is 12.3 Å². The molecule has 0 bridgehead atoms. The van der Waals surface area contributed by atoms with Crippen LogP contribution in [0.2, 0.25) is 0 Å². The molecule has 1 aromatic heterocycles. The van der Waals surface area contributed by atoms with Crippen LogP contribution < -0.4 is 5.32 Å². The summed E-state index contributed by atoms with van der Waals surface area (Å²) in [7, 11) is 1.66. The van der Waals surface area contributed by atoms with E-state index in [1.165, 1.54) is 0 Å². The van der Waals surface area contributed by atoms with E-state index in [0.717, 1.165) is 12.8 Å². The van der Waals surface area contributed by atoms with E-state index < -0.39 is 5.97 Å². The van der Waals surface area contributed by atoms with Gasteiger partial charge in [-0.25, -0.2) is 9.78 Å². The van der Waals surface area contributed by atoms with Crippen LogP contribution in [0.5, 0.6) is 0 Å². The fourth-order valence-electron chi connectivity index (χ4n) is 1.54. The molecule has 1 aromatic rings. The minimum Gasteiger partial charge on any atom is -0.478 e. The van der Waals surface area contributed by atoms with Gasteiger partial charge in [-0.15, -0.1) is 0 Å². The van der Waals surface area contributed by atoms with Gasteiger partial charge in [-0.3, -0.25) is 0 Å². The Hall–Kier alpha value is -1.62. The molecule has 0 saturated carbocycles. The largest absolute Gasteiger partial charge is 0.478 e. The van der Waals surface area contributed by atoms with Crippen molar-refractivity contribution in [2.75, 3.05) is 25.6 Å². The molecule has 1 rings (SSSR count). The normalized spacial score (nSPS) is 10.2. The third-order valence-corrected chi connectivity index (χ3v) is 2.44. The van der Waals surface area contributed by atoms with E-state index in [2.05, 4.69) is 10.3 Å². The molecule has 0 spiro atoms. The molecule has 17 heavy (non-hydrogen) atoms. The van der Waals surface area contributed by atoms with E-state index in [9.17, 15) is 4.79 Å². The third kappa shape index (κ3) is 4.03. The molecule has 5 heteroatoms. The molecule has 0 fully saturated rings. The maximum atomic E-state index is 11.1. The second kappa shape index (κ2) is 6.85. The number of unbranched alkanes of at least 4 members (excludes halogenated alkanes) is 1. The first-order chi connectivity index (χ1) is 8.16. The van der Waals surface area contributed by atoms with Gasteiger partial charge in [0.1, 0.15) is 11.4 Å². The predicted octanol–water partition coefficient (Wildman–Crippen LogP) is 1.93. The molecule has 0 aromatic carbocycles. The fourth-order valence-corrected chi connectivity index (χ4v) is 1.54. The van der Waals surface area contributed by atoms with Crippen molar-refractivity contribution in [1.82, 2.24) is 4.98 Å². The van der Waals surface area contributed by atoms with E-state index in [1.54, 1.807) is 26.3 Å². The number of aromatic carboxylic acids is 1. The van der Waals surface area contributed by atoms with Crippen LogP contribution in [0.4, 0.5) is 5.82 Å². The van der Waals surface area contributed by atoms with Crippen molar-refractivity contribution in [3.8, 4) is 0 Å². The Morgan fingerprint density at radius 1 is 1.53 bits per heavy atom. The van der Waals surface area contributed by atoms with Crippen LogP contribution in [-0.4, -0.2) is 36.3 Å². The van der Waals surface area contributed by atoms with Crippen LogP contribution >= 0.6 is 0 Å². The van der Waals surface area contributed by atoms with Gasteiger partial charge in [0.15, 0.2) is 0 Å². The van der Waals surface area contributed by atoms with Gasteiger partial charge in [0.05, 0.1) is 0 Å². The quantitative estimate of drug-likeness (QED) is 0.710. The maximum absolute atomic E-state index is 11.1. The maximum Gasteiger partial charge on any atom is 0.339 e. The lowest BCUT2D eigenvalue weighted by Gasteiger charge is -2.10. The number of hydrogen-bond acceptors (Lipinski definition) is 4. The highest BCUT2D eigenvalue weighted by molar-refractivity contribution is 5.94. The molecular formula is C12H18N2O3. The summed E-state index contributed by atoms with van der Waals surface area (Å²) in [6.45, 7) is 3.18. The molecule has 0 amide bonds. The number of carbonyl (C=O) groups is 1. The first-order valence-electron chi connectivity index (χ1n) is 5.58. The van der Waals surface area contributed by atoms with Gasteiger partial charge in [-0.2, -0.15) is 0 Å². The number of carboxylic acids is 1. The van der Waals surface area contributed by atoms with Crippen molar-refractivity contribution in [1.29, 1.82) is 0 Å². The van der Waals surface area contributed by atoms with Gasteiger partial charge in [-0.05, 0) is 31.4 Å². The zero-order valence-corrected chi connectivity index (χ0v) is 10.2. The zero-order chi connectivity index (χ0) is 12.7. The summed E-state index contributed by atoms with van der Waals surface area (Å²) in [4.78, 5) is 15.1. The second-order valence-electron chi connectivity index (χ2n) is 3.78. The number of ether oxygens (including phenoxy) is 1. The number of rotatable bonds is 7. The summed E-state index contributed by atoms with van der Waals surface area (Å²) in [5.74, 6) is -0.509. The third-order valence-electron chi connectivity index (χ3n) is 2.44. The van der Waals surface area contributed by atoms with Crippen LogP contribution in [0, 0.1) is 6.92 Å². The molecule has 0 aliphatic rings. The average Bonchev–Trinajstić information content (AvgIpc) is 2.28. The molecule has 1 heterocycles. The highest BCUT2D eigenvalue weighted by atomic mass is 16.5. The van der Waals surface area contributed by atoms with Crippen LogP contribution in [0.1, 0.15) is 28.8 Å². The number of aromatic nitrogens is 1. The minimum absolute atomic E-state index is 0.249. The Morgan fingerprint density at radius 3 is 2.94 bits per heavy atom. The molecule has 94 valence electrons. The summed E-state index contributed by atoms with van der Waals surface area (Å²) >= 11 is 0. The summed E-state index contributed by atoms with van der Waals surface area (Å²) in [6.07, 6.45) is 3.47. The zero-order valence-electron chi connectivity index (χ0n) is 10.2. The molecule has 0 unspecified atom stereocenters. The molecule has 0 radical (unpaired) electrons. The number of anilines is 1. The number of aryl methyl sites for hydroxylation is 1. The van der Waals surface area contributed by atoms with Gasteiger partial charge < -0.3 is 15.2 Å². The SMILES string of the molecule is COCCCCNc1nccc(C)c1C(=O)O. The molecule has 0 atom stereocenters. The Labute approximate surface area is 101 Å². The Morgan fingerprint density at radius 2 is 2.29 bits per heavy atom. The molecule has 0 aliphatic carbocycles. The lowest BCUT2D eigenvalue weighted by atomic mass is 10.1. The Bertz CT molecular complexity index is 380. The molecule has 0 saturated heterocycles. The molecule has 2 N–H and O–H groups in total. The van der Waals surface area contributed by atoms with Crippen molar-refractivity contribution in [3.05, 3.63) is 23.4 Å². The lowest BCUT2D eigenvalue weighted by Crippen LogP contribution is -2.11. The summed E-state index contributed by atoms with van der Waals surface area (Å²) in [6, 6.07) is 1.69. The highest BCUT2D eigenvalue weighted by Crippen LogP contribution is 2.16. The first kappa shape index (κ1) is 13.4. The number of hydrogen-bond donors (Lipinski definition) is 2. The van der Waals surface area contributed by atoms with Crippen molar-refractivity contribution in [2.45, 2.75) is 19.8 Å². The summed E-state index contributed by atoms with van der Waals surface area (Å²) in [5.41, 5.74) is 0.964. The lowest BCUT2D eigenvalue weighted by molar-refractivity contribution is 0.0697. The number of nitrogens with one attached hydrogen (secondary N) is 1. The smallest absolute Gasteiger partial charge is 0.339 e. The predicted molar refractivity (Wildman–Crippen MR) is 65.5 cm³/mol. The van der Waals surface area contributed by atoms with Crippen molar-refractivity contribution < 1.29 is 14.6 Å². The monoisotopic (exact) mass is 238 g/mol. The van der Waals surface area contributed by atoms with Gasteiger partial charge >= 0.3 is 5.97 Å². The fraction of sp³-hybridized carbons (Fsp3) is 0.500. The number of pyridine rings is 1. The van der Waals surface area contributed by atoms with Gasteiger partial charge in [0.25, 0.3) is 0 Å². The van der Waals surface area contributed by atoms with E-state index >= 15 is 0 Å². The van der Waals surface area contributed by atoms with E-state index in [-0.39, 0.29) is 5.56 Å². The first-order valence-corrected chi connectivity index (χ1v) is 5.58. The average molecular weight is 238 g/mol. The van der Waals surface area contributed by atoms with E-state index in [0.29, 0.717) is 24.5 Å². The van der Waals surface area contributed by atoms with Crippen LogP contribution in [0.3, 0.4) is 0 Å². The van der Waals surface area contributed by atoms with Crippen LogP contribution in [-0.2, 0) is 4.74 Å². The Kier molecular flexibility index (Phi) is 5.42. The summed E-state index contributed by atoms with van der Waals surface area (Å²) < 4.78 is 4.94. The number of carboxylic acid groups (broad SMARTS) is 1. The standard InChI is InChI=1S/C12H18N2O3/c1-9-5-7-14-11(10(9)12(15)16)13-6-3-4-8-17-2/h5,7H,3-4,6,8H2,1-2H3,(H,13,14)(H,15,16). The second-order valence-corrected chi connectivity index (χ2v) is 3.78. The van der Waals surface area contributed by atoms with E-state index in [1.807, 2.05) is 0 Å². The molecule has 0 aliphatic heterocycles. The number of nitrogens with zero attached hydrogens (tertiary/aromatic N) is 1. The highest BCUT2D eigenvalue weighted by Gasteiger charge is 2.13. The molecule has 5 nitrogen and oxygen atoms in total.